The topological polar surface area (TPSA) is 80.6 Å². The van der Waals surface area contributed by atoms with E-state index in [1.54, 1.807) is 13.0 Å². The minimum absolute atomic E-state index is 0.174. The molecule has 0 saturated carbocycles. The Hall–Kier alpha value is -2.76. The minimum atomic E-state index is -0.663. The number of carbonyl (C=O) groups is 2. The van der Waals surface area contributed by atoms with Crippen molar-refractivity contribution < 1.29 is 18.7 Å². The molecule has 0 fully saturated rings. The van der Waals surface area contributed by atoms with Crippen LogP contribution in [0.3, 0.4) is 0 Å². The molecule has 0 bridgehead atoms. The van der Waals surface area contributed by atoms with Crippen LogP contribution in [0.4, 0.5) is 0 Å². The van der Waals surface area contributed by atoms with Gasteiger partial charge in [-0.2, -0.15) is 0 Å². The second kappa shape index (κ2) is 8.19. The van der Waals surface area contributed by atoms with E-state index in [1.165, 1.54) is 17.9 Å². The monoisotopic (exact) mass is 330 g/mol. The van der Waals surface area contributed by atoms with Crippen LogP contribution in [-0.2, 0) is 4.79 Å². The first-order chi connectivity index (χ1) is 11.5. The Morgan fingerprint density at radius 3 is 2.71 bits per heavy atom. The van der Waals surface area contributed by atoms with E-state index < -0.39 is 11.9 Å². The van der Waals surface area contributed by atoms with Crippen LogP contribution in [0.1, 0.15) is 28.6 Å². The molecule has 0 radical (unpaired) electrons. The lowest BCUT2D eigenvalue weighted by Gasteiger charge is -2.14. The van der Waals surface area contributed by atoms with Crippen LogP contribution in [0.15, 0.2) is 41.0 Å². The Morgan fingerprint density at radius 1 is 1.25 bits per heavy atom. The van der Waals surface area contributed by atoms with Crippen LogP contribution in [-0.4, -0.2) is 31.0 Å². The van der Waals surface area contributed by atoms with Crippen LogP contribution in [0, 0.1) is 13.8 Å². The first kappa shape index (κ1) is 17.6. The summed E-state index contributed by atoms with van der Waals surface area (Å²) in [6, 6.07) is 8.43. The maximum absolute atomic E-state index is 12.0. The maximum atomic E-state index is 12.0. The fourth-order valence-electron chi connectivity index (χ4n) is 2.19. The molecule has 0 aliphatic heterocycles. The van der Waals surface area contributed by atoms with Crippen molar-refractivity contribution in [3.8, 4) is 5.75 Å². The smallest absolute Gasteiger partial charge is 0.287 e. The molecule has 2 amide bonds. The number of benzene rings is 1. The quantitative estimate of drug-likeness (QED) is 0.763. The zero-order chi connectivity index (χ0) is 17.5. The molecule has 2 rings (SSSR count). The van der Waals surface area contributed by atoms with Gasteiger partial charge >= 0.3 is 0 Å². The Balaban J connectivity index is 1.71. The molecule has 0 aliphatic carbocycles. The predicted octanol–water partition coefficient (Wildman–Crippen LogP) is 2.21. The van der Waals surface area contributed by atoms with Gasteiger partial charge in [-0.25, -0.2) is 0 Å². The van der Waals surface area contributed by atoms with E-state index in [4.69, 9.17) is 9.15 Å². The van der Waals surface area contributed by atoms with Crippen LogP contribution in [0.5, 0.6) is 5.75 Å². The highest BCUT2D eigenvalue weighted by Crippen LogP contribution is 2.18. The summed E-state index contributed by atoms with van der Waals surface area (Å²) in [6.07, 6.45) is 1.41. The number of nitrogens with one attached hydrogen (secondary N) is 2. The molecule has 1 aromatic carbocycles. The lowest BCUT2D eigenvalue weighted by atomic mass is 10.1. The van der Waals surface area contributed by atoms with Crippen LogP contribution < -0.4 is 15.4 Å². The molecule has 2 N–H and O–H groups in total. The molecule has 0 spiro atoms. The van der Waals surface area contributed by atoms with Gasteiger partial charge < -0.3 is 19.8 Å². The Bertz CT molecular complexity index is 695. The largest absolute Gasteiger partial charge is 0.491 e. The summed E-state index contributed by atoms with van der Waals surface area (Å²) >= 11 is 0. The second-order valence-corrected chi connectivity index (χ2v) is 5.58. The van der Waals surface area contributed by atoms with Crippen molar-refractivity contribution in [3.63, 3.8) is 0 Å². The number of carbonyl (C=O) groups excluding carboxylic acids is 2. The number of hydrogen-bond donors (Lipinski definition) is 2. The van der Waals surface area contributed by atoms with Gasteiger partial charge in [-0.1, -0.05) is 17.7 Å². The summed E-state index contributed by atoms with van der Waals surface area (Å²) in [5.74, 6) is 0.273. The van der Waals surface area contributed by atoms with Gasteiger partial charge in [0, 0.05) is 0 Å². The van der Waals surface area contributed by atoms with Crippen molar-refractivity contribution in [3.05, 3.63) is 53.5 Å². The summed E-state index contributed by atoms with van der Waals surface area (Å²) in [5.41, 5.74) is 2.23. The average Bonchev–Trinajstić information content (AvgIpc) is 3.07. The predicted molar refractivity (Wildman–Crippen MR) is 90.1 cm³/mol. The van der Waals surface area contributed by atoms with Crippen molar-refractivity contribution in [1.82, 2.24) is 10.6 Å². The zero-order valence-corrected chi connectivity index (χ0v) is 14.1. The summed E-state index contributed by atoms with van der Waals surface area (Å²) < 4.78 is 10.6. The molecule has 128 valence electrons. The van der Waals surface area contributed by atoms with Gasteiger partial charge in [0.1, 0.15) is 18.4 Å². The Morgan fingerprint density at radius 2 is 2.04 bits per heavy atom. The van der Waals surface area contributed by atoms with E-state index >= 15 is 0 Å². The van der Waals surface area contributed by atoms with Gasteiger partial charge in [0.25, 0.3) is 5.91 Å². The van der Waals surface area contributed by atoms with Gasteiger partial charge in [0.05, 0.1) is 12.8 Å². The van der Waals surface area contributed by atoms with Crippen molar-refractivity contribution in [2.75, 3.05) is 13.2 Å². The summed E-state index contributed by atoms with van der Waals surface area (Å²) in [7, 11) is 0. The maximum Gasteiger partial charge on any atom is 0.287 e. The van der Waals surface area contributed by atoms with E-state index in [0.29, 0.717) is 13.2 Å². The van der Waals surface area contributed by atoms with Gasteiger partial charge in [-0.05, 0) is 44.5 Å². The molecule has 1 atom stereocenters. The second-order valence-electron chi connectivity index (χ2n) is 5.58. The van der Waals surface area contributed by atoms with Gasteiger partial charge in [-0.3, -0.25) is 9.59 Å². The minimum Gasteiger partial charge on any atom is -0.491 e. The summed E-state index contributed by atoms with van der Waals surface area (Å²) in [4.78, 5) is 23.8. The number of furan rings is 1. The highest BCUT2D eigenvalue weighted by Gasteiger charge is 2.17. The Labute approximate surface area is 141 Å². The SMILES string of the molecule is Cc1ccc(OCCNC(=O)[C@H](C)NC(=O)c2ccco2)c(C)c1. The number of amides is 2. The fourth-order valence-corrected chi connectivity index (χ4v) is 2.19. The highest BCUT2D eigenvalue weighted by molar-refractivity contribution is 5.95. The molecule has 1 aromatic heterocycles. The number of rotatable bonds is 7. The number of hydrogen-bond acceptors (Lipinski definition) is 4. The van der Waals surface area contributed by atoms with Crippen LogP contribution in [0.2, 0.25) is 0 Å². The van der Waals surface area contributed by atoms with E-state index in [1.807, 2.05) is 32.0 Å². The van der Waals surface area contributed by atoms with Crippen molar-refractivity contribution >= 4 is 11.8 Å². The van der Waals surface area contributed by atoms with Gasteiger partial charge in [-0.15, -0.1) is 0 Å². The van der Waals surface area contributed by atoms with Crippen LogP contribution >= 0.6 is 0 Å². The number of ether oxygens (including phenoxy) is 1. The molecule has 2 aromatic rings. The van der Waals surface area contributed by atoms with Gasteiger partial charge in [0.2, 0.25) is 5.91 Å². The van der Waals surface area contributed by atoms with E-state index in [-0.39, 0.29) is 11.7 Å². The fraction of sp³-hybridized carbons (Fsp3) is 0.333. The summed E-state index contributed by atoms with van der Waals surface area (Å²) in [6.45, 7) is 6.32. The molecule has 1 heterocycles. The molecule has 0 saturated heterocycles. The summed E-state index contributed by atoms with van der Waals surface area (Å²) in [5, 5.41) is 5.30. The Kier molecular flexibility index (Phi) is 6.01. The zero-order valence-electron chi connectivity index (χ0n) is 14.1. The lowest BCUT2D eigenvalue weighted by molar-refractivity contribution is -0.122. The molecule has 24 heavy (non-hydrogen) atoms. The number of aryl methyl sites for hydroxylation is 2. The van der Waals surface area contributed by atoms with E-state index in [0.717, 1.165) is 11.3 Å². The van der Waals surface area contributed by atoms with Crippen molar-refractivity contribution in [2.24, 2.45) is 0 Å². The lowest BCUT2D eigenvalue weighted by Crippen LogP contribution is -2.45. The molecule has 0 aliphatic rings. The third-order valence-electron chi connectivity index (χ3n) is 3.48. The standard InChI is InChI=1S/C18H22N2O4/c1-12-6-7-15(13(2)11-12)24-10-8-19-17(21)14(3)20-18(22)16-5-4-9-23-16/h4-7,9,11,14H,8,10H2,1-3H3,(H,19,21)(H,20,22)/t14-/m0/s1. The highest BCUT2D eigenvalue weighted by atomic mass is 16.5. The third-order valence-corrected chi connectivity index (χ3v) is 3.48. The molecular formula is C18H22N2O4. The molecule has 6 heteroatoms. The first-order valence-electron chi connectivity index (χ1n) is 7.79. The third kappa shape index (κ3) is 4.87. The van der Waals surface area contributed by atoms with Crippen molar-refractivity contribution in [2.45, 2.75) is 26.8 Å². The average molecular weight is 330 g/mol. The van der Waals surface area contributed by atoms with Crippen LogP contribution in [0.25, 0.3) is 0 Å². The van der Waals surface area contributed by atoms with Crippen molar-refractivity contribution in [1.29, 1.82) is 0 Å². The molecule has 0 unspecified atom stereocenters. The van der Waals surface area contributed by atoms with Gasteiger partial charge in [0.15, 0.2) is 5.76 Å². The molecular weight excluding hydrogens is 308 g/mol. The van der Waals surface area contributed by atoms with E-state index in [9.17, 15) is 9.59 Å². The molecule has 6 nitrogen and oxygen atoms in total. The normalized spacial score (nSPS) is 11.6. The van der Waals surface area contributed by atoms with E-state index in [2.05, 4.69) is 10.6 Å². The first-order valence-corrected chi connectivity index (χ1v) is 7.79.